The molecule has 43 heavy (non-hydrogen) atoms. The lowest BCUT2D eigenvalue weighted by Gasteiger charge is -2.34. The Morgan fingerprint density at radius 3 is 2.47 bits per heavy atom. The van der Waals surface area contributed by atoms with Crippen LogP contribution < -0.4 is 20.1 Å². The number of aliphatic hydroxyl groups is 1. The fourth-order valence-electron chi connectivity index (χ4n) is 5.31. The van der Waals surface area contributed by atoms with Crippen molar-refractivity contribution in [2.45, 2.75) is 42.6 Å². The number of fused-ring (bicyclic) bond motifs is 1. The fourth-order valence-corrected chi connectivity index (χ4v) is 5.74. The average molecular weight is 621 g/mol. The zero-order valence-electron chi connectivity index (χ0n) is 24.9. The second-order valence-electron chi connectivity index (χ2n) is 10.4. The van der Waals surface area contributed by atoms with Gasteiger partial charge in [-0.2, -0.15) is 13.2 Å². The fraction of sp³-hybridized carbons (Fsp3) is 0.484. The lowest BCUT2D eigenvalue weighted by molar-refractivity contribution is -0.140. The van der Waals surface area contributed by atoms with Gasteiger partial charge in [-0.25, -0.2) is 0 Å². The highest BCUT2D eigenvalue weighted by Crippen LogP contribution is 2.38. The quantitative estimate of drug-likeness (QED) is 0.186. The van der Waals surface area contributed by atoms with Gasteiger partial charge >= 0.3 is 6.18 Å². The van der Waals surface area contributed by atoms with Crippen LogP contribution >= 0.6 is 11.8 Å². The second kappa shape index (κ2) is 15.0. The van der Waals surface area contributed by atoms with Gasteiger partial charge < -0.3 is 39.4 Å². The molecule has 2 aromatic carbocycles. The highest BCUT2D eigenvalue weighted by atomic mass is 32.2. The summed E-state index contributed by atoms with van der Waals surface area (Å²) in [6, 6.07) is 10.9. The molecule has 12 heteroatoms. The number of likely N-dealkylation sites (tertiary alicyclic amines) is 1. The molecule has 1 unspecified atom stereocenters. The number of nitrogens with one attached hydrogen (secondary N) is 2. The summed E-state index contributed by atoms with van der Waals surface area (Å²) in [4.78, 5) is 3.24. The third-order valence-electron chi connectivity index (χ3n) is 7.36. The van der Waals surface area contributed by atoms with Crippen molar-refractivity contribution >= 4 is 34.0 Å². The normalized spacial score (nSPS) is 15.2. The van der Waals surface area contributed by atoms with Gasteiger partial charge in [-0.05, 0) is 61.4 Å². The number of alkyl halides is 3. The molecule has 1 fully saturated rings. The van der Waals surface area contributed by atoms with Gasteiger partial charge in [0.2, 0.25) is 0 Å². The molecule has 3 aromatic rings. The van der Waals surface area contributed by atoms with E-state index in [9.17, 15) is 18.3 Å². The number of hydrogen-bond acceptors (Lipinski definition) is 8. The molecule has 1 aliphatic rings. The first-order chi connectivity index (χ1) is 20.6. The number of nitrogens with zero attached hydrogens (tertiary/aromatic N) is 2. The summed E-state index contributed by atoms with van der Waals surface area (Å²) >= 11 is 1.60. The van der Waals surface area contributed by atoms with Crippen LogP contribution in [-0.4, -0.2) is 93.3 Å². The smallest absolute Gasteiger partial charge is 0.406 e. The Bertz CT molecular complexity index is 1430. The summed E-state index contributed by atoms with van der Waals surface area (Å²) in [5, 5.41) is 17.4. The molecule has 0 amide bonds. The first-order valence-corrected chi connectivity index (χ1v) is 15.3. The lowest BCUT2D eigenvalue weighted by Crippen LogP contribution is -2.43. The first-order valence-electron chi connectivity index (χ1n) is 14.0. The summed E-state index contributed by atoms with van der Waals surface area (Å²) in [5.41, 5.74) is 2.09. The van der Waals surface area contributed by atoms with Gasteiger partial charge in [0.15, 0.2) is 0 Å². The molecular formula is C31H39F3N4O4S. The molecular weight excluding hydrogens is 581 g/mol. The highest BCUT2D eigenvalue weighted by Gasteiger charge is 2.31. The summed E-state index contributed by atoms with van der Waals surface area (Å²) in [6.45, 7) is 1.43. The Hall–Kier alpha value is -3.24. The number of β-amino-alcohol motifs (C(OH)–C–C–N with tert-alkyl or cyclic N) is 1. The highest BCUT2D eigenvalue weighted by molar-refractivity contribution is 7.98. The van der Waals surface area contributed by atoms with Crippen molar-refractivity contribution in [2.24, 2.45) is 0 Å². The first kappa shape index (κ1) is 32.7. The number of piperidine rings is 1. The van der Waals surface area contributed by atoms with Crippen molar-refractivity contribution in [2.75, 3.05) is 71.0 Å². The van der Waals surface area contributed by atoms with Gasteiger partial charge in [-0.1, -0.05) is 5.92 Å². The Morgan fingerprint density at radius 2 is 1.81 bits per heavy atom. The van der Waals surface area contributed by atoms with E-state index in [4.69, 9.17) is 14.2 Å². The van der Waals surface area contributed by atoms with E-state index in [0.717, 1.165) is 36.5 Å². The SMILES string of the molecule is COCC(O)CN1CCC(Nc2c(OC)ccc3c2cc(C#CCNc2ccc(SC)cc2OC)n3CC(F)(F)F)CC1. The van der Waals surface area contributed by atoms with E-state index in [1.54, 1.807) is 51.3 Å². The number of anilines is 2. The minimum Gasteiger partial charge on any atom is -0.495 e. The van der Waals surface area contributed by atoms with Gasteiger partial charge in [0.25, 0.3) is 0 Å². The summed E-state index contributed by atoms with van der Waals surface area (Å²) in [6.07, 6.45) is -1.38. The monoisotopic (exact) mass is 620 g/mol. The standard InChI is InChI=1S/C31H39F3N4O4S/c1-40-19-23(39)18-37-14-11-21(12-15-37)36-30-25-16-22(38(20-31(32,33)34)27(25)9-10-28(30)41-2)6-5-13-35-26-8-7-24(43-4)17-29(26)42-3/h7-10,16-17,21,23,35-36,39H,11-15,18-20H2,1-4H3. The van der Waals surface area contributed by atoms with Crippen molar-refractivity contribution in [3.8, 4) is 23.3 Å². The van der Waals surface area contributed by atoms with Gasteiger partial charge in [0, 0.05) is 43.1 Å². The van der Waals surface area contributed by atoms with Crippen LogP contribution in [0.5, 0.6) is 11.5 Å². The molecule has 4 rings (SSSR count). The van der Waals surface area contributed by atoms with Crippen LogP contribution in [0.25, 0.3) is 10.9 Å². The van der Waals surface area contributed by atoms with E-state index < -0.39 is 18.8 Å². The molecule has 1 aromatic heterocycles. The summed E-state index contributed by atoms with van der Waals surface area (Å²) in [5.74, 6) is 7.15. The van der Waals surface area contributed by atoms with Crippen molar-refractivity contribution in [1.82, 2.24) is 9.47 Å². The van der Waals surface area contributed by atoms with E-state index in [1.165, 1.54) is 4.57 Å². The van der Waals surface area contributed by atoms with Crippen LogP contribution in [0, 0.1) is 11.8 Å². The van der Waals surface area contributed by atoms with Crippen LogP contribution in [0.15, 0.2) is 41.3 Å². The van der Waals surface area contributed by atoms with E-state index in [1.807, 2.05) is 24.5 Å². The summed E-state index contributed by atoms with van der Waals surface area (Å²) < 4.78 is 58.4. The maximum atomic E-state index is 13.7. The van der Waals surface area contributed by atoms with Crippen LogP contribution in [0.3, 0.4) is 0 Å². The lowest BCUT2D eigenvalue weighted by atomic mass is 10.0. The van der Waals surface area contributed by atoms with Gasteiger partial charge in [-0.3, -0.25) is 0 Å². The number of ether oxygens (including phenoxy) is 3. The van der Waals surface area contributed by atoms with Gasteiger partial charge in [-0.15, -0.1) is 11.8 Å². The number of halogens is 3. The number of hydrogen-bond donors (Lipinski definition) is 3. The number of rotatable bonds is 12. The molecule has 234 valence electrons. The zero-order valence-corrected chi connectivity index (χ0v) is 25.7. The van der Waals surface area contributed by atoms with Crippen molar-refractivity contribution < 1.29 is 32.5 Å². The Kier molecular flexibility index (Phi) is 11.4. The number of aromatic nitrogens is 1. The number of thioether (sulfide) groups is 1. The van der Waals surface area contributed by atoms with Crippen LogP contribution in [0.1, 0.15) is 18.5 Å². The van der Waals surface area contributed by atoms with E-state index in [-0.39, 0.29) is 24.9 Å². The molecule has 0 spiro atoms. The predicted octanol–water partition coefficient (Wildman–Crippen LogP) is 5.29. The maximum absolute atomic E-state index is 13.7. The minimum absolute atomic E-state index is 0.0903. The molecule has 0 radical (unpaired) electrons. The molecule has 1 aliphatic heterocycles. The van der Waals surface area contributed by atoms with Crippen molar-refractivity contribution in [1.29, 1.82) is 0 Å². The molecule has 8 nitrogen and oxygen atoms in total. The largest absolute Gasteiger partial charge is 0.495 e. The van der Waals surface area contributed by atoms with E-state index >= 15 is 0 Å². The number of benzene rings is 2. The van der Waals surface area contributed by atoms with E-state index in [2.05, 4.69) is 27.4 Å². The van der Waals surface area contributed by atoms with Crippen molar-refractivity contribution in [3.05, 3.63) is 42.1 Å². The molecule has 2 heterocycles. The summed E-state index contributed by atoms with van der Waals surface area (Å²) in [7, 11) is 4.69. The van der Waals surface area contributed by atoms with Gasteiger partial charge in [0.1, 0.15) is 18.0 Å². The Labute approximate surface area is 254 Å². The van der Waals surface area contributed by atoms with Gasteiger partial charge in [0.05, 0.1) is 56.1 Å². The van der Waals surface area contributed by atoms with Crippen LogP contribution in [0.4, 0.5) is 24.5 Å². The predicted molar refractivity (Wildman–Crippen MR) is 166 cm³/mol. The van der Waals surface area contributed by atoms with Crippen LogP contribution in [-0.2, 0) is 11.3 Å². The molecule has 0 aliphatic carbocycles. The third-order valence-corrected chi connectivity index (χ3v) is 8.09. The second-order valence-corrected chi connectivity index (χ2v) is 11.2. The maximum Gasteiger partial charge on any atom is 0.406 e. The zero-order chi connectivity index (χ0) is 31.0. The van der Waals surface area contributed by atoms with Crippen LogP contribution in [0.2, 0.25) is 0 Å². The topological polar surface area (TPSA) is 80.2 Å². The minimum atomic E-state index is -4.43. The van der Waals surface area contributed by atoms with Crippen molar-refractivity contribution in [3.63, 3.8) is 0 Å². The average Bonchev–Trinajstić information content (AvgIpc) is 3.32. The number of methoxy groups -OCH3 is 3. The molecule has 1 saturated heterocycles. The number of aliphatic hydroxyl groups excluding tert-OH is 1. The third kappa shape index (κ3) is 8.66. The Balaban J connectivity index is 1.57. The van der Waals surface area contributed by atoms with E-state index in [0.29, 0.717) is 34.6 Å². The molecule has 1 atom stereocenters. The molecule has 3 N–H and O–H groups in total. The Morgan fingerprint density at radius 1 is 1.07 bits per heavy atom. The molecule has 0 saturated carbocycles. The molecule has 0 bridgehead atoms.